The summed E-state index contributed by atoms with van der Waals surface area (Å²) in [6, 6.07) is 6.88. The Balaban J connectivity index is 1.72. The van der Waals surface area contributed by atoms with Crippen molar-refractivity contribution in [3.05, 3.63) is 35.6 Å². The third kappa shape index (κ3) is 5.50. The second-order valence-corrected chi connectivity index (χ2v) is 6.04. The molecule has 4 nitrogen and oxygen atoms in total. The Morgan fingerprint density at radius 2 is 1.96 bits per heavy atom. The van der Waals surface area contributed by atoms with Crippen molar-refractivity contribution in [3.8, 4) is 0 Å². The minimum atomic E-state index is -0.179. The van der Waals surface area contributed by atoms with Crippen molar-refractivity contribution in [2.75, 3.05) is 33.4 Å². The summed E-state index contributed by atoms with van der Waals surface area (Å²) in [5.74, 6) is 0.650. The van der Waals surface area contributed by atoms with Crippen LogP contribution in [0.5, 0.6) is 0 Å². The second-order valence-electron chi connectivity index (χ2n) is 6.04. The molecule has 1 fully saturated rings. The number of hydrogen-bond donors (Lipinski definition) is 2. The Morgan fingerprint density at radius 3 is 2.57 bits per heavy atom. The zero-order chi connectivity index (χ0) is 16.5. The molecule has 1 saturated carbocycles. The van der Waals surface area contributed by atoms with Crippen molar-refractivity contribution < 1.29 is 9.13 Å². The van der Waals surface area contributed by atoms with Gasteiger partial charge in [0.1, 0.15) is 5.82 Å². The molecule has 1 aliphatic rings. The number of ether oxygens (including phenoxy) is 1. The first-order chi connectivity index (χ1) is 11.2. The van der Waals surface area contributed by atoms with Gasteiger partial charge in [0.05, 0.1) is 0 Å². The van der Waals surface area contributed by atoms with Gasteiger partial charge < -0.3 is 15.4 Å². The minimum Gasteiger partial charge on any atom is -0.382 e. The van der Waals surface area contributed by atoms with Gasteiger partial charge in [0.2, 0.25) is 0 Å². The molecule has 2 N–H and O–H groups in total. The number of guanidine groups is 1. The lowest BCUT2D eigenvalue weighted by molar-refractivity contribution is 0.143. The van der Waals surface area contributed by atoms with E-state index < -0.39 is 0 Å². The molecule has 0 spiro atoms. The smallest absolute Gasteiger partial charge is 0.191 e. The lowest BCUT2D eigenvalue weighted by Crippen LogP contribution is -2.41. The molecule has 0 unspecified atom stereocenters. The van der Waals surface area contributed by atoms with Gasteiger partial charge in [0, 0.05) is 38.8 Å². The predicted molar refractivity (Wildman–Crippen MR) is 92.4 cm³/mol. The van der Waals surface area contributed by atoms with Gasteiger partial charge in [-0.05, 0) is 50.3 Å². The van der Waals surface area contributed by atoms with Crippen molar-refractivity contribution in [3.63, 3.8) is 0 Å². The molecule has 1 aromatic rings. The number of unbranched alkanes of at least 4 members (excludes halogenated alkanes) is 1. The maximum atomic E-state index is 13.1. The molecule has 0 atom stereocenters. The Bertz CT molecular complexity index is 497. The van der Waals surface area contributed by atoms with Gasteiger partial charge in [0.15, 0.2) is 5.96 Å². The molecule has 5 heteroatoms. The lowest BCUT2D eigenvalue weighted by atomic mass is 9.96. The molecule has 0 aromatic heterocycles. The second kappa shape index (κ2) is 8.87. The van der Waals surface area contributed by atoms with Crippen LogP contribution in [0.15, 0.2) is 29.3 Å². The van der Waals surface area contributed by atoms with E-state index in [1.807, 2.05) is 19.1 Å². The highest BCUT2D eigenvalue weighted by Gasteiger charge is 2.44. The van der Waals surface area contributed by atoms with E-state index in [1.165, 1.54) is 5.56 Å². The average Bonchev–Trinajstić information content (AvgIpc) is 3.35. The van der Waals surface area contributed by atoms with E-state index in [0.29, 0.717) is 0 Å². The first-order valence-corrected chi connectivity index (χ1v) is 8.48. The molecule has 2 rings (SSSR count). The topological polar surface area (TPSA) is 45.6 Å². The van der Waals surface area contributed by atoms with E-state index >= 15 is 0 Å². The summed E-state index contributed by atoms with van der Waals surface area (Å²) < 4.78 is 18.4. The molecule has 0 saturated heterocycles. The molecular formula is C18H28FN3O. The Morgan fingerprint density at radius 1 is 1.22 bits per heavy atom. The van der Waals surface area contributed by atoms with Crippen LogP contribution in [0.1, 0.15) is 38.2 Å². The monoisotopic (exact) mass is 321 g/mol. The van der Waals surface area contributed by atoms with Gasteiger partial charge in [-0.2, -0.15) is 0 Å². The first kappa shape index (κ1) is 17.7. The first-order valence-electron chi connectivity index (χ1n) is 8.48. The number of nitrogens with zero attached hydrogens (tertiary/aromatic N) is 1. The molecule has 0 radical (unpaired) electrons. The fourth-order valence-corrected chi connectivity index (χ4v) is 2.68. The van der Waals surface area contributed by atoms with Crippen molar-refractivity contribution in [1.29, 1.82) is 0 Å². The van der Waals surface area contributed by atoms with E-state index in [9.17, 15) is 4.39 Å². The zero-order valence-corrected chi connectivity index (χ0v) is 14.2. The molecule has 0 amide bonds. The van der Waals surface area contributed by atoms with E-state index in [4.69, 9.17) is 4.74 Å². The molecule has 23 heavy (non-hydrogen) atoms. The highest BCUT2D eigenvalue weighted by Crippen LogP contribution is 2.47. The number of benzene rings is 1. The molecule has 128 valence electrons. The molecule has 0 bridgehead atoms. The van der Waals surface area contributed by atoms with Gasteiger partial charge in [-0.1, -0.05) is 12.1 Å². The van der Waals surface area contributed by atoms with Crippen LogP contribution >= 0.6 is 0 Å². The third-order valence-electron chi connectivity index (χ3n) is 4.34. The highest BCUT2D eigenvalue weighted by molar-refractivity contribution is 5.79. The summed E-state index contributed by atoms with van der Waals surface area (Å²) >= 11 is 0. The summed E-state index contributed by atoms with van der Waals surface area (Å²) in [4.78, 5) is 4.26. The maximum Gasteiger partial charge on any atom is 0.191 e. The SMILES string of the molecule is CCOCCCCNC(=NC)NCC1(c2ccc(F)cc2)CC1. The van der Waals surface area contributed by atoms with Gasteiger partial charge >= 0.3 is 0 Å². The van der Waals surface area contributed by atoms with Crippen molar-refractivity contribution in [2.45, 2.75) is 38.0 Å². The van der Waals surface area contributed by atoms with Crippen LogP contribution in [0.25, 0.3) is 0 Å². The molecule has 1 aromatic carbocycles. The summed E-state index contributed by atoms with van der Waals surface area (Å²) in [5.41, 5.74) is 1.35. The number of nitrogens with one attached hydrogen (secondary N) is 2. The van der Waals surface area contributed by atoms with E-state index in [-0.39, 0.29) is 11.2 Å². The summed E-state index contributed by atoms with van der Waals surface area (Å²) in [6.45, 7) is 5.33. The fourth-order valence-electron chi connectivity index (χ4n) is 2.68. The minimum absolute atomic E-state index is 0.139. The van der Waals surface area contributed by atoms with Gasteiger partial charge in [-0.15, -0.1) is 0 Å². The summed E-state index contributed by atoms with van der Waals surface area (Å²) in [7, 11) is 1.78. The van der Waals surface area contributed by atoms with Crippen LogP contribution in [-0.2, 0) is 10.2 Å². The molecular weight excluding hydrogens is 293 g/mol. The maximum absolute atomic E-state index is 13.1. The Kier molecular flexibility index (Phi) is 6.84. The zero-order valence-electron chi connectivity index (χ0n) is 14.2. The van der Waals surface area contributed by atoms with Crippen LogP contribution in [-0.4, -0.2) is 39.3 Å². The van der Waals surface area contributed by atoms with Gasteiger partial charge in [-0.25, -0.2) is 4.39 Å². The number of halogens is 1. The van der Waals surface area contributed by atoms with Crippen LogP contribution in [0.4, 0.5) is 4.39 Å². The van der Waals surface area contributed by atoms with Crippen LogP contribution < -0.4 is 10.6 Å². The Hall–Kier alpha value is -1.62. The van der Waals surface area contributed by atoms with Crippen LogP contribution in [0.3, 0.4) is 0 Å². The normalized spacial score (nSPS) is 16.2. The highest BCUT2D eigenvalue weighted by atomic mass is 19.1. The predicted octanol–water partition coefficient (Wildman–Crippen LogP) is 2.84. The van der Waals surface area contributed by atoms with E-state index in [2.05, 4.69) is 15.6 Å². The molecule has 0 aliphatic heterocycles. The largest absolute Gasteiger partial charge is 0.382 e. The summed E-state index contributed by atoms with van der Waals surface area (Å²) in [6.07, 6.45) is 4.38. The standard InChI is InChI=1S/C18H28FN3O/c1-3-23-13-5-4-12-21-17(20-2)22-14-18(10-11-18)15-6-8-16(19)9-7-15/h6-9H,3-5,10-14H2,1-2H3,(H2,20,21,22). The number of aliphatic imine (C=N–C) groups is 1. The molecule has 0 heterocycles. The van der Waals surface area contributed by atoms with Crippen molar-refractivity contribution in [1.82, 2.24) is 10.6 Å². The average molecular weight is 321 g/mol. The summed E-state index contributed by atoms with van der Waals surface area (Å²) in [5, 5.41) is 6.73. The van der Waals surface area contributed by atoms with Crippen molar-refractivity contribution >= 4 is 5.96 Å². The van der Waals surface area contributed by atoms with E-state index in [0.717, 1.165) is 57.9 Å². The van der Waals surface area contributed by atoms with Crippen LogP contribution in [0, 0.1) is 5.82 Å². The van der Waals surface area contributed by atoms with Crippen LogP contribution in [0.2, 0.25) is 0 Å². The quantitative estimate of drug-likeness (QED) is 0.418. The van der Waals surface area contributed by atoms with Gasteiger partial charge in [0.25, 0.3) is 0 Å². The third-order valence-corrected chi connectivity index (χ3v) is 4.34. The van der Waals surface area contributed by atoms with Crippen molar-refractivity contribution in [2.24, 2.45) is 4.99 Å². The number of rotatable bonds is 9. The number of hydrogen-bond acceptors (Lipinski definition) is 2. The Labute approximate surface area is 138 Å². The van der Waals surface area contributed by atoms with Gasteiger partial charge in [-0.3, -0.25) is 4.99 Å². The van der Waals surface area contributed by atoms with E-state index in [1.54, 1.807) is 19.2 Å². The molecule has 1 aliphatic carbocycles. The lowest BCUT2D eigenvalue weighted by Gasteiger charge is -2.19. The fraction of sp³-hybridized carbons (Fsp3) is 0.611.